The Morgan fingerprint density at radius 1 is 1.07 bits per heavy atom. The average Bonchev–Trinajstić information content (AvgIpc) is 2.74. The molecule has 2 aromatic rings. The molecule has 2 aromatic carbocycles. The van der Waals surface area contributed by atoms with Gasteiger partial charge in [0, 0.05) is 43.0 Å². The van der Waals surface area contributed by atoms with Crippen LogP contribution in [0.2, 0.25) is 0 Å². The summed E-state index contributed by atoms with van der Waals surface area (Å²) in [5, 5.41) is 0.0399. The summed E-state index contributed by atoms with van der Waals surface area (Å²) in [6, 6.07) is 12.5. The van der Waals surface area contributed by atoms with Gasteiger partial charge in [-0.05, 0) is 55.5 Å². The van der Waals surface area contributed by atoms with Crippen molar-refractivity contribution in [2.45, 2.75) is 18.7 Å². The number of benzene rings is 2. The van der Waals surface area contributed by atoms with Crippen LogP contribution in [0.5, 0.6) is 5.75 Å². The molecule has 150 valence electrons. The maximum Gasteiger partial charge on any atom is 0.302 e. The van der Waals surface area contributed by atoms with Gasteiger partial charge in [0.25, 0.3) is 0 Å². The molecule has 0 saturated carbocycles. The number of anilines is 2. The molecule has 28 heavy (non-hydrogen) atoms. The Hall–Kier alpha value is -1.99. The number of hydrogen-bond acceptors (Lipinski definition) is 6. The van der Waals surface area contributed by atoms with Crippen LogP contribution in [0, 0.1) is 13.8 Å². The van der Waals surface area contributed by atoms with Gasteiger partial charge in [-0.3, -0.25) is 4.79 Å². The highest BCUT2D eigenvalue weighted by Gasteiger charge is 2.23. The van der Waals surface area contributed by atoms with Crippen LogP contribution in [0.25, 0.3) is 0 Å². The quantitative estimate of drug-likeness (QED) is 0.543. The van der Waals surface area contributed by atoms with Gasteiger partial charge in [0.1, 0.15) is 5.75 Å². The van der Waals surface area contributed by atoms with Gasteiger partial charge in [0.05, 0.1) is 18.5 Å². The zero-order valence-electron chi connectivity index (χ0n) is 16.8. The molecule has 1 fully saturated rings. The molecule has 0 atom stereocenters. The van der Waals surface area contributed by atoms with E-state index in [4.69, 9.17) is 4.74 Å². The lowest BCUT2D eigenvalue weighted by Gasteiger charge is -2.36. The summed E-state index contributed by atoms with van der Waals surface area (Å²) in [4.78, 5) is 18.2. The fourth-order valence-electron chi connectivity index (χ4n) is 3.22. The van der Waals surface area contributed by atoms with Gasteiger partial charge < -0.3 is 19.3 Å². The summed E-state index contributed by atoms with van der Waals surface area (Å²) in [6.45, 7) is 7.24. The Morgan fingerprint density at radius 2 is 1.75 bits per heavy atom. The van der Waals surface area contributed by atoms with Crippen molar-refractivity contribution in [3.63, 3.8) is 0 Å². The third-order valence-electron chi connectivity index (χ3n) is 5.03. The minimum absolute atomic E-state index is 0.0399. The lowest BCUT2D eigenvalue weighted by molar-refractivity contribution is 0.219. The summed E-state index contributed by atoms with van der Waals surface area (Å²) in [5.41, 5.74) is 4.42. The topological polar surface area (TPSA) is 44.8 Å². The summed E-state index contributed by atoms with van der Waals surface area (Å²) < 4.78 is 8.61. The number of hydrogen-bond donors (Lipinski definition) is 1. The van der Waals surface area contributed by atoms with Crippen LogP contribution in [0.3, 0.4) is 0 Å². The Labute approximate surface area is 175 Å². The van der Waals surface area contributed by atoms with Crippen molar-refractivity contribution in [3.8, 4) is 5.75 Å². The number of thioether (sulfide) groups is 1. The van der Waals surface area contributed by atoms with Gasteiger partial charge in [-0.25, -0.2) is 0 Å². The second-order valence-electron chi connectivity index (χ2n) is 6.75. The molecule has 1 saturated heterocycles. The molecule has 0 aromatic heterocycles. The second kappa shape index (κ2) is 9.47. The van der Waals surface area contributed by atoms with Gasteiger partial charge in [0.15, 0.2) is 0 Å². The first-order valence-corrected chi connectivity index (χ1v) is 11.3. The van der Waals surface area contributed by atoms with E-state index < -0.39 is 0 Å². The van der Waals surface area contributed by atoms with Crippen molar-refractivity contribution in [3.05, 3.63) is 47.5 Å². The predicted octanol–water partition coefficient (Wildman–Crippen LogP) is 5.04. The van der Waals surface area contributed by atoms with E-state index >= 15 is 0 Å². The fraction of sp³-hybridized carbons (Fsp3) is 0.381. The average molecular weight is 418 g/mol. The first kappa shape index (κ1) is 20.7. The van der Waals surface area contributed by atoms with E-state index in [0.29, 0.717) is 0 Å². The Morgan fingerprint density at radius 3 is 2.43 bits per heavy atom. The molecule has 3 rings (SSSR count). The van der Waals surface area contributed by atoms with E-state index in [1.807, 2.05) is 17.0 Å². The molecule has 1 N–H and O–H groups in total. The number of methoxy groups -OCH3 is 1. The van der Waals surface area contributed by atoms with Gasteiger partial charge in [-0.15, -0.1) is 11.8 Å². The molecule has 1 aliphatic heterocycles. The number of nitrogens with one attached hydrogen (secondary N) is 1. The molecule has 5 nitrogen and oxygen atoms in total. The maximum atomic E-state index is 12.7. The number of carbonyl (C=O) groups is 1. The molecule has 7 heteroatoms. The SMILES string of the molecule is COc1cc(C)c(C)cc1NSC(=O)N1CCN(c2ccccc2SC)CC1. The smallest absolute Gasteiger partial charge is 0.302 e. The van der Waals surface area contributed by atoms with Crippen molar-refractivity contribution in [1.29, 1.82) is 0 Å². The molecule has 1 aliphatic rings. The van der Waals surface area contributed by atoms with Crippen LogP contribution in [0.1, 0.15) is 11.1 Å². The minimum Gasteiger partial charge on any atom is -0.495 e. The fourth-order valence-corrected chi connectivity index (χ4v) is 4.51. The van der Waals surface area contributed by atoms with Gasteiger partial charge in [-0.2, -0.15) is 0 Å². The van der Waals surface area contributed by atoms with Gasteiger partial charge in [-0.1, -0.05) is 12.1 Å². The van der Waals surface area contributed by atoms with Crippen molar-refractivity contribution in [1.82, 2.24) is 4.90 Å². The van der Waals surface area contributed by atoms with Crippen LogP contribution < -0.4 is 14.4 Å². The van der Waals surface area contributed by atoms with Crippen LogP contribution in [0.4, 0.5) is 16.2 Å². The lowest BCUT2D eigenvalue weighted by Crippen LogP contribution is -2.48. The third-order valence-corrected chi connectivity index (χ3v) is 6.57. The van der Waals surface area contributed by atoms with Gasteiger partial charge >= 0.3 is 5.24 Å². The largest absolute Gasteiger partial charge is 0.495 e. The van der Waals surface area contributed by atoms with Gasteiger partial charge in [0.2, 0.25) is 0 Å². The molecule has 0 spiro atoms. The molecule has 0 unspecified atom stereocenters. The zero-order chi connectivity index (χ0) is 20.1. The number of ether oxygens (including phenoxy) is 1. The number of aryl methyl sites for hydroxylation is 2. The summed E-state index contributed by atoms with van der Waals surface area (Å²) in [7, 11) is 1.65. The molecule has 1 amide bonds. The summed E-state index contributed by atoms with van der Waals surface area (Å²) in [5.74, 6) is 0.752. The Kier molecular flexibility index (Phi) is 7.02. The monoisotopic (exact) mass is 417 g/mol. The van der Waals surface area contributed by atoms with E-state index in [-0.39, 0.29) is 5.24 Å². The molecule has 0 radical (unpaired) electrons. The summed E-state index contributed by atoms with van der Waals surface area (Å²) in [6.07, 6.45) is 2.10. The lowest BCUT2D eigenvalue weighted by atomic mass is 10.1. The number of amides is 1. The first-order chi connectivity index (χ1) is 13.5. The van der Waals surface area contributed by atoms with Crippen LogP contribution in [-0.4, -0.2) is 49.7 Å². The predicted molar refractivity (Wildman–Crippen MR) is 121 cm³/mol. The van der Waals surface area contributed by atoms with Crippen LogP contribution >= 0.6 is 23.7 Å². The number of carbonyl (C=O) groups excluding carboxylic acids is 1. The highest BCUT2D eigenvalue weighted by atomic mass is 32.2. The van der Waals surface area contributed by atoms with Crippen molar-refractivity contribution in [2.75, 3.05) is 49.2 Å². The third kappa shape index (κ3) is 4.70. The first-order valence-electron chi connectivity index (χ1n) is 9.28. The number of nitrogens with zero attached hydrogens (tertiary/aromatic N) is 2. The summed E-state index contributed by atoms with van der Waals surface area (Å²) >= 11 is 2.88. The number of rotatable bonds is 5. The van der Waals surface area contributed by atoms with Crippen molar-refractivity contribution >= 4 is 40.3 Å². The highest BCUT2D eigenvalue weighted by Crippen LogP contribution is 2.31. The van der Waals surface area contributed by atoms with Crippen molar-refractivity contribution < 1.29 is 9.53 Å². The number of piperazine rings is 1. The van der Waals surface area contributed by atoms with E-state index in [9.17, 15) is 4.79 Å². The Bertz CT molecular complexity index is 836. The Balaban J connectivity index is 1.57. The van der Waals surface area contributed by atoms with Crippen LogP contribution in [-0.2, 0) is 0 Å². The molecule has 0 aliphatic carbocycles. The maximum absolute atomic E-state index is 12.7. The highest BCUT2D eigenvalue weighted by molar-refractivity contribution is 8.14. The van der Waals surface area contributed by atoms with Crippen molar-refractivity contribution in [2.24, 2.45) is 0 Å². The molecule has 1 heterocycles. The molecular weight excluding hydrogens is 390 g/mol. The van der Waals surface area contributed by atoms with Crippen LogP contribution in [0.15, 0.2) is 41.3 Å². The zero-order valence-corrected chi connectivity index (χ0v) is 18.5. The van der Waals surface area contributed by atoms with E-state index in [1.54, 1.807) is 18.9 Å². The standard InChI is InChI=1S/C21H27N3O2S2/c1-15-13-17(19(26-3)14-16(15)2)22-28-21(25)24-11-9-23(10-12-24)18-7-5-6-8-20(18)27-4/h5-8,13-14,22H,9-12H2,1-4H3. The molecular formula is C21H27N3O2S2. The van der Waals surface area contributed by atoms with E-state index in [1.165, 1.54) is 16.1 Å². The normalized spacial score (nSPS) is 14.1. The minimum atomic E-state index is 0.0399. The number of para-hydroxylation sites is 1. The second-order valence-corrected chi connectivity index (χ2v) is 8.36. The molecule has 0 bridgehead atoms. The van der Waals surface area contributed by atoms with E-state index in [0.717, 1.165) is 55.1 Å². The van der Waals surface area contributed by atoms with E-state index in [2.05, 4.69) is 54.0 Å².